The van der Waals surface area contributed by atoms with Crippen LogP contribution >= 0.6 is 0 Å². The number of nitrogens with zero attached hydrogens (tertiary/aromatic N) is 1. The van der Waals surface area contributed by atoms with Gasteiger partial charge in [0.2, 0.25) is 5.91 Å². The number of carbonyl (C=O) groups excluding carboxylic acids is 1. The van der Waals surface area contributed by atoms with E-state index in [4.69, 9.17) is 10.2 Å². The van der Waals surface area contributed by atoms with Crippen molar-refractivity contribution in [2.75, 3.05) is 0 Å². The highest BCUT2D eigenvalue weighted by molar-refractivity contribution is 5.82. The Morgan fingerprint density at radius 3 is 2.75 bits per heavy atom. The van der Waals surface area contributed by atoms with Crippen molar-refractivity contribution in [2.45, 2.75) is 64.6 Å². The van der Waals surface area contributed by atoms with Crippen LogP contribution in [0.2, 0.25) is 0 Å². The molecule has 112 valence electrons. The lowest BCUT2D eigenvalue weighted by molar-refractivity contribution is -0.137. The molecular weight excluding hydrogens is 252 g/mol. The lowest BCUT2D eigenvalue weighted by atomic mass is 9.98. The van der Waals surface area contributed by atoms with Gasteiger partial charge in [-0.25, -0.2) is 0 Å². The third kappa shape index (κ3) is 3.42. The minimum Gasteiger partial charge on any atom is -0.467 e. The Hall–Kier alpha value is -1.29. The summed E-state index contributed by atoms with van der Waals surface area (Å²) in [5.41, 5.74) is 6.15. The van der Waals surface area contributed by atoms with Crippen molar-refractivity contribution in [1.82, 2.24) is 4.90 Å². The van der Waals surface area contributed by atoms with E-state index in [9.17, 15) is 4.79 Å². The van der Waals surface area contributed by atoms with E-state index in [1.54, 1.807) is 6.26 Å². The van der Waals surface area contributed by atoms with Gasteiger partial charge in [0.15, 0.2) is 0 Å². The quantitative estimate of drug-likeness (QED) is 0.870. The Bertz CT molecular complexity index is 410. The maximum Gasteiger partial charge on any atom is 0.240 e. The molecular formula is C16H26N2O2. The van der Waals surface area contributed by atoms with Crippen LogP contribution in [0.1, 0.15) is 51.7 Å². The summed E-state index contributed by atoms with van der Waals surface area (Å²) in [7, 11) is 0. The molecule has 0 aliphatic heterocycles. The Morgan fingerprint density at radius 1 is 1.50 bits per heavy atom. The second-order valence-electron chi connectivity index (χ2n) is 5.90. The van der Waals surface area contributed by atoms with Crippen LogP contribution in [0.15, 0.2) is 22.8 Å². The molecule has 1 aliphatic carbocycles. The summed E-state index contributed by atoms with van der Waals surface area (Å²) in [6.45, 7) is 4.66. The summed E-state index contributed by atoms with van der Waals surface area (Å²) >= 11 is 0. The number of rotatable bonds is 6. The minimum absolute atomic E-state index is 0.0719. The van der Waals surface area contributed by atoms with Crippen LogP contribution in [0, 0.1) is 5.92 Å². The summed E-state index contributed by atoms with van der Waals surface area (Å²) in [4.78, 5) is 14.7. The third-order valence-corrected chi connectivity index (χ3v) is 4.50. The molecule has 1 fully saturated rings. The molecule has 2 atom stereocenters. The average Bonchev–Trinajstić information content (AvgIpc) is 3.14. The highest BCUT2D eigenvalue weighted by Crippen LogP contribution is 2.26. The normalized spacial score (nSPS) is 18.9. The summed E-state index contributed by atoms with van der Waals surface area (Å²) in [5.74, 6) is 1.12. The van der Waals surface area contributed by atoms with E-state index < -0.39 is 6.04 Å². The summed E-state index contributed by atoms with van der Waals surface area (Å²) in [6.07, 6.45) is 7.14. The van der Waals surface area contributed by atoms with Crippen molar-refractivity contribution < 1.29 is 9.21 Å². The van der Waals surface area contributed by atoms with Crippen LogP contribution in [0.5, 0.6) is 0 Å². The lowest BCUT2D eigenvalue weighted by Crippen LogP contribution is -2.50. The number of furan rings is 1. The highest BCUT2D eigenvalue weighted by atomic mass is 16.3. The monoisotopic (exact) mass is 278 g/mol. The van der Waals surface area contributed by atoms with E-state index in [1.807, 2.05) is 24.0 Å². The van der Waals surface area contributed by atoms with Gasteiger partial charge in [-0.1, -0.05) is 33.1 Å². The lowest BCUT2D eigenvalue weighted by Gasteiger charge is -2.32. The van der Waals surface area contributed by atoms with Crippen molar-refractivity contribution >= 4 is 5.91 Å². The van der Waals surface area contributed by atoms with Crippen LogP contribution in [0.25, 0.3) is 0 Å². The van der Waals surface area contributed by atoms with Crippen molar-refractivity contribution in [3.8, 4) is 0 Å². The summed E-state index contributed by atoms with van der Waals surface area (Å²) in [5, 5.41) is 0. The van der Waals surface area contributed by atoms with E-state index in [2.05, 4.69) is 6.92 Å². The minimum atomic E-state index is -0.407. The predicted molar refractivity (Wildman–Crippen MR) is 78.9 cm³/mol. The molecule has 1 heterocycles. The Kier molecular flexibility index (Phi) is 5.24. The van der Waals surface area contributed by atoms with Crippen LogP contribution in [-0.4, -0.2) is 22.9 Å². The molecule has 0 bridgehead atoms. The van der Waals surface area contributed by atoms with Crippen molar-refractivity contribution in [2.24, 2.45) is 11.7 Å². The van der Waals surface area contributed by atoms with Gasteiger partial charge in [-0.15, -0.1) is 0 Å². The molecule has 0 aromatic carbocycles. The van der Waals surface area contributed by atoms with Gasteiger partial charge in [-0.05, 0) is 30.9 Å². The topological polar surface area (TPSA) is 59.5 Å². The Morgan fingerprint density at radius 2 is 2.20 bits per heavy atom. The number of nitrogens with two attached hydrogens (primary N) is 1. The van der Waals surface area contributed by atoms with Crippen LogP contribution in [0.3, 0.4) is 0 Å². The maximum atomic E-state index is 12.7. The predicted octanol–water partition coefficient (Wildman–Crippen LogP) is 2.92. The van der Waals surface area contributed by atoms with E-state index in [0.717, 1.165) is 25.0 Å². The second kappa shape index (κ2) is 6.93. The molecule has 1 saturated carbocycles. The van der Waals surface area contributed by atoms with Gasteiger partial charge in [-0.3, -0.25) is 4.79 Å². The third-order valence-electron chi connectivity index (χ3n) is 4.50. The molecule has 20 heavy (non-hydrogen) atoms. The van der Waals surface area contributed by atoms with Crippen LogP contribution < -0.4 is 5.73 Å². The number of carbonyl (C=O) groups is 1. The summed E-state index contributed by atoms with van der Waals surface area (Å²) in [6, 6.07) is 3.70. The molecule has 1 amide bonds. The van der Waals surface area contributed by atoms with Gasteiger partial charge in [-0.2, -0.15) is 0 Å². The van der Waals surface area contributed by atoms with Gasteiger partial charge in [0.1, 0.15) is 5.76 Å². The molecule has 0 radical (unpaired) electrons. The van der Waals surface area contributed by atoms with E-state index in [1.165, 1.54) is 12.8 Å². The zero-order valence-corrected chi connectivity index (χ0v) is 12.5. The fourth-order valence-electron chi connectivity index (χ4n) is 2.86. The maximum absolute atomic E-state index is 12.7. The molecule has 2 rings (SSSR count). The van der Waals surface area contributed by atoms with Gasteiger partial charge < -0.3 is 15.1 Å². The number of hydrogen-bond donors (Lipinski definition) is 1. The van der Waals surface area contributed by atoms with E-state index in [-0.39, 0.29) is 11.8 Å². The fourth-order valence-corrected chi connectivity index (χ4v) is 2.86. The van der Waals surface area contributed by atoms with Crippen molar-refractivity contribution in [3.63, 3.8) is 0 Å². The van der Waals surface area contributed by atoms with Gasteiger partial charge in [0.25, 0.3) is 0 Å². The SMILES string of the molecule is CC[C@H](C)[C@H](N)C(=O)N(Cc1ccco1)C1CCCC1. The zero-order valence-electron chi connectivity index (χ0n) is 12.5. The first kappa shape index (κ1) is 15.1. The average molecular weight is 278 g/mol. The Balaban J connectivity index is 2.10. The van der Waals surface area contributed by atoms with E-state index >= 15 is 0 Å². The Labute approximate surface area is 121 Å². The molecule has 1 aliphatic rings. The second-order valence-corrected chi connectivity index (χ2v) is 5.90. The first-order chi connectivity index (χ1) is 9.63. The van der Waals surface area contributed by atoms with Crippen LogP contribution in [-0.2, 0) is 11.3 Å². The van der Waals surface area contributed by atoms with Gasteiger partial charge >= 0.3 is 0 Å². The fraction of sp³-hybridized carbons (Fsp3) is 0.688. The van der Waals surface area contributed by atoms with Gasteiger partial charge in [0.05, 0.1) is 18.8 Å². The molecule has 4 heteroatoms. The molecule has 0 spiro atoms. The molecule has 2 N–H and O–H groups in total. The standard InChI is InChI=1S/C16H26N2O2/c1-3-12(2)15(17)16(19)18(13-7-4-5-8-13)11-14-9-6-10-20-14/h6,9-10,12-13,15H,3-5,7-8,11,17H2,1-2H3/t12-,15-/m0/s1. The first-order valence-corrected chi connectivity index (χ1v) is 7.72. The first-order valence-electron chi connectivity index (χ1n) is 7.72. The molecule has 0 saturated heterocycles. The molecule has 4 nitrogen and oxygen atoms in total. The highest BCUT2D eigenvalue weighted by Gasteiger charge is 2.32. The van der Waals surface area contributed by atoms with Crippen molar-refractivity contribution in [3.05, 3.63) is 24.2 Å². The molecule has 1 aromatic heterocycles. The van der Waals surface area contributed by atoms with E-state index in [0.29, 0.717) is 12.6 Å². The molecule has 0 unspecified atom stereocenters. The van der Waals surface area contributed by atoms with Crippen LogP contribution in [0.4, 0.5) is 0 Å². The van der Waals surface area contributed by atoms with Crippen molar-refractivity contribution in [1.29, 1.82) is 0 Å². The smallest absolute Gasteiger partial charge is 0.240 e. The number of hydrogen-bond acceptors (Lipinski definition) is 3. The number of amides is 1. The molecule has 1 aromatic rings. The zero-order chi connectivity index (χ0) is 14.5. The van der Waals surface area contributed by atoms with Gasteiger partial charge in [0, 0.05) is 6.04 Å². The largest absolute Gasteiger partial charge is 0.467 e. The summed E-state index contributed by atoms with van der Waals surface area (Å²) < 4.78 is 5.41.